The maximum atomic E-state index is 13.4. The Morgan fingerprint density at radius 1 is 1.44 bits per heavy atom. The Morgan fingerprint density at radius 2 is 2.11 bits per heavy atom. The summed E-state index contributed by atoms with van der Waals surface area (Å²) in [5.41, 5.74) is 0.269. The van der Waals surface area contributed by atoms with Crippen LogP contribution in [0.15, 0.2) is 18.2 Å². The van der Waals surface area contributed by atoms with Crippen molar-refractivity contribution in [3.8, 4) is 0 Å². The molecule has 18 heavy (non-hydrogen) atoms. The molecule has 102 valence electrons. The van der Waals surface area contributed by atoms with Gasteiger partial charge in [0.05, 0.1) is 6.10 Å². The highest BCUT2D eigenvalue weighted by Crippen LogP contribution is 2.21. The third kappa shape index (κ3) is 5.33. The normalized spacial score (nSPS) is 13.6. The molecule has 0 bridgehead atoms. The fourth-order valence-corrected chi connectivity index (χ4v) is 2.58. The van der Waals surface area contributed by atoms with E-state index in [-0.39, 0.29) is 22.8 Å². The summed E-state index contributed by atoms with van der Waals surface area (Å²) in [5.74, 6) is -0.431. The Kier molecular flexibility index (Phi) is 5.56. The monoisotopic (exact) mass is 294 g/mol. The number of halogens is 2. The second-order valence-corrected chi connectivity index (χ2v) is 7.00. The van der Waals surface area contributed by atoms with E-state index in [4.69, 9.17) is 11.6 Å². The Labute approximate surface area is 112 Å². The van der Waals surface area contributed by atoms with Crippen LogP contribution in [0, 0.1) is 5.82 Å². The van der Waals surface area contributed by atoms with E-state index in [0.29, 0.717) is 12.8 Å². The minimum Gasteiger partial charge on any atom is -0.393 e. The average Bonchev–Trinajstić information content (AvgIpc) is 2.22. The summed E-state index contributed by atoms with van der Waals surface area (Å²) < 4.78 is 35.3. The molecule has 1 N–H and O–H groups in total. The highest BCUT2D eigenvalue weighted by atomic mass is 35.5. The molecular weight excluding hydrogens is 279 g/mol. The molecule has 0 spiro atoms. The predicted octanol–water partition coefficient (Wildman–Crippen LogP) is 2.21. The van der Waals surface area contributed by atoms with Gasteiger partial charge in [0.15, 0.2) is 0 Å². The zero-order valence-corrected chi connectivity index (χ0v) is 11.6. The van der Waals surface area contributed by atoms with Crippen LogP contribution in [-0.2, 0) is 16.3 Å². The summed E-state index contributed by atoms with van der Waals surface area (Å²) in [6.45, 7) is 0. The van der Waals surface area contributed by atoms with Crippen molar-refractivity contribution in [1.82, 2.24) is 0 Å². The fourth-order valence-electron chi connectivity index (χ4n) is 1.65. The standard InChI is InChI=1S/C12H16ClFO3S/c1-18(16,17)7-3-4-9(15)8-10-11(13)5-2-6-12(10)14/h2,5-6,9,15H,3-4,7-8H2,1H3. The van der Waals surface area contributed by atoms with E-state index in [0.717, 1.165) is 6.26 Å². The van der Waals surface area contributed by atoms with Crippen LogP contribution >= 0.6 is 11.6 Å². The maximum absolute atomic E-state index is 13.4. The van der Waals surface area contributed by atoms with E-state index in [9.17, 15) is 17.9 Å². The molecule has 6 heteroatoms. The van der Waals surface area contributed by atoms with Gasteiger partial charge in [-0.3, -0.25) is 0 Å². The lowest BCUT2D eigenvalue weighted by Crippen LogP contribution is -2.14. The average molecular weight is 295 g/mol. The van der Waals surface area contributed by atoms with Crippen molar-refractivity contribution in [2.75, 3.05) is 12.0 Å². The minimum atomic E-state index is -3.02. The molecule has 1 atom stereocenters. The molecule has 1 rings (SSSR count). The van der Waals surface area contributed by atoms with Crippen LogP contribution < -0.4 is 0 Å². The van der Waals surface area contributed by atoms with Gasteiger partial charge in [0.2, 0.25) is 0 Å². The quantitative estimate of drug-likeness (QED) is 0.875. The number of benzene rings is 1. The van der Waals surface area contributed by atoms with Crippen molar-refractivity contribution < 1.29 is 17.9 Å². The third-order valence-corrected chi connectivity index (χ3v) is 3.94. The first kappa shape index (κ1) is 15.4. The van der Waals surface area contributed by atoms with E-state index in [1.54, 1.807) is 6.07 Å². The van der Waals surface area contributed by atoms with Gasteiger partial charge in [0, 0.05) is 29.0 Å². The van der Waals surface area contributed by atoms with E-state index in [2.05, 4.69) is 0 Å². The summed E-state index contributed by atoms with van der Waals surface area (Å²) in [6, 6.07) is 4.34. The second kappa shape index (κ2) is 6.50. The van der Waals surface area contributed by atoms with Crippen LogP contribution in [0.1, 0.15) is 18.4 Å². The van der Waals surface area contributed by atoms with Crippen LogP contribution in [0.5, 0.6) is 0 Å². The van der Waals surface area contributed by atoms with Gasteiger partial charge in [0.1, 0.15) is 15.7 Å². The lowest BCUT2D eigenvalue weighted by molar-refractivity contribution is 0.163. The van der Waals surface area contributed by atoms with Crippen molar-refractivity contribution in [2.45, 2.75) is 25.4 Å². The lowest BCUT2D eigenvalue weighted by atomic mass is 10.0. The molecule has 0 heterocycles. The molecule has 3 nitrogen and oxygen atoms in total. The summed E-state index contributed by atoms with van der Waals surface area (Å²) in [6.07, 6.45) is 1.10. The first-order chi connectivity index (χ1) is 8.29. The fraction of sp³-hybridized carbons (Fsp3) is 0.500. The number of hydrogen-bond acceptors (Lipinski definition) is 3. The van der Waals surface area contributed by atoms with Crippen LogP contribution in [-0.4, -0.2) is 31.6 Å². The molecule has 0 aliphatic heterocycles. The molecule has 1 unspecified atom stereocenters. The number of hydrogen-bond donors (Lipinski definition) is 1. The van der Waals surface area contributed by atoms with Gasteiger partial charge in [-0.05, 0) is 25.0 Å². The molecule has 1 aromatic rings. The summed E-state index contributed by atoms with van der Waals surface area (Å²) in [4.78, 5) is 0. The van der Waals surface area contributed by atoms with Crippen molar-refractivity contribution in [1.29, 1.82) is 0 Å². The van der Waals surface area contributed by atoms with Crippen LogP contribution in [0.4, 0.5) is 4.39 Å². The maximum Gasteiger partial charge on any atom is 0.147 e. The van der Waals surface area contributed by atoms with E-state index in [1.165, 1.54) is 12.1 Å². The summed E-state index contributed by atoms with van der Waals surface area (Å²) in [5, 5.41) is 10.0. The molecule has 0 saturated heterocycles. The van der Waals surface area contributed by atoms with E-state index >= 15 is 0 Å². The largest absolute Gasteiger partial charge is 0.393 e. The van der Waals surface area contributed by atoms with Crippen molar-refractivity contribution >= 4 is 21.4 Å². The van der Waals surface area contributed by atoms with Gasteiger partial charge in [-0.25, -0.2) is 12.8 Å². The minimum absolute atomic E-state index is 0.0229. The smallest absolute Gasteiger partial charge is 0.147 e. The van der Waals surface area contributed by atoms with Gasteiger partial charge < -0.3 is 5.11 Å². The molecule has 0 radical (unpaired) electrons. The molecular formula is C12H16ClFO3S. The molecule has 0 aliphatic rings. The zero-order chi connectivity index (χ0) is 13.8. The van der Waals surface area contributed by atoms with Crippen LogP contribution in [0.2, 0.25) is 5.02 Å². The summed E-state index contributed by atoms with van der Waals surface area (Å²) in [7, 11) is -3.02. The summed E-state index contributed by atoms with van der Waals surface area (Å²) >= 11 is 5.83. The van der Waals surface area contributed by atoms with Crippen LogP contribution in [0.25, 0.3) is 0 Å². The van der Waals surface area contributed by atoms with Crippen molar-refractivity contribution in [3.05, 3.63) is 34.6 Å². The first-order valence-corrected chi connectivity index (χ1v) is 8.02. The predicted molar refractivity (Wildman–Crippen MR) is 70.1 cm³/mol. The Morgan fingerprint density at radius 3 is 2.67 bits per heavy atom. The number of aliphatic hydroxyl groups is 1. The first-order valence-electron chi connectivity index (χ1n) is 5.58. The topological polar surface area (TPSA) is 54.4 Å². The Hall–Kier alpha value is -0.650. The second-order valence-electron chi connectivity index (χ2n) is 4.33. The van der Waals surface area contributed by atoms with Gasteiger partial charge in [0.25, 0.3) is 0 Å². The number of aliphatic hydroxyl groups excluding tert-OH is 1. The third-order valence-electron chi connectivity index (χ3n) is 2.55. The van der Waals surface area contributed by atoms with Crippen molar-refractivity contribution in [3.63, 3.8) is 0 Å². The Bertz CT molecular complexity index is 482. The van der Waals surface area contributed by atoms with Gasteiger partial charge >= 0.3 is 0 Å². The highest BCUT2D eigenvalue weighted by molar-refractivity contribution is 7.90. The molecule has 0 aromatic heterocycles. The zero-order valence-electron chi connectivity index (χ0n) is 10.1. The van der Waals surface area contributed by atoms with Crippen molar-refractivity contribution in [2.24, 2.45) is 0 Å². The number of sulfone groups is 1. The lowest BCUT2D eigenvalue weighted by Gasteiger charge is -2.12. The molecule has 1 aromatic carbocycles. The van der Waals surface area contributed by atoms with E-state index < -0.39 is 21.8 Å². The van der Waals surface area contributed by atoms with Gasteiger partial charge in [-0.1, -0.05) is 17.7 Å². The molecule has 0 saturated carbocycles. The molecule has 0 aliphatic carbocycles. The number of rotatable bonds is 6. The molecule has 0 amide bonds. The van der Waals surface area contributed by atoms with Gasteiger partial charge in [-0.2, -0.15) is 0 Å². The van der Waals surface area contributed by atoms with Gasteiger partial charge in [-0.15, -0.1) is 0 Å². The van der Waals surface area contributed by atoms with E-state index in [1.807, 2.05) is 0 Å². The molecule has 0 fully saturated rings. The SMILES string of the molecule is CS(=O)(=O)CCCC(O)Cc1c(F)cccc1Cl. The Balaban J connectivity index is 2.52. The van der Waals surface area contributed by atoms with Crippen LogP contribution in [0.3, 0.4) is 0 Å². The highest BCUT2D eigenvalue weighted by Gasteiger charge is 2.13.